The fourth-order valence-electron chi connectivity index (χ4n) is 1.49. The van der Waals surface area contributed by atoms with Crippen LogP contribution in [-0.2, 0) is 11.2 Å². The zero-order valence-corrected chi connectivity index (χ0v) is 7.96. The zero-order valence-electron chi connectivity index (χ0n) is 7.20. The van der Waals surface area contributed by atoms with Gasteiger partial charge in [-0.05, 0) is 30.9 Å². The average Bonchev–Trinajstić information content (AvgIpc) is 2.53. The molecular weight excluding hydrogens is 192 g/mol. The molecule has 0 bridgehead atoms. The van der Waals surface area contributed by atoms with E-state index in [1.165, 1.54) is 6.42 Å². The van der Waals surface area contributed by atoms with Crippen molar-refractivity contribution in [2.45, 2.75) is 31.8 Å². The van der Waals surface area contributed by atoms with Gasteiger partial charge in [-0.3, -0.25) is 0 Å². The number of halogens is 1. The van der Waals surface area contributed by atoms with E-state index in [0.29, 0.717) is 12.2 Å². The number of ether oxygens (including phenoxy) is 1. The molecule has 13 heavy (non-hydrogen) atoms. The first kappa shape index (κ1) is 8.97. The molecule has 2 rings (SSSR count). The number of aromatic nitrogens is 2. The largest absolute Gasteiger partial charge is 0.378 e. The molecule has 0 radical (unpaired) electrons. The second-order valence-corrected chi connectivity index (χ2v) is 3.48. The molecule has 1 atom stereocenters. The molecule has 1 unspecified atom stereocenters. The molecule has 1 aliphatic heterocycles. The topological polar surface area (TPSA) is 48.2 Å². The second kappa shape index (κ2) is 4.07. The molecule has 0 aromatic carbocycles. The van der Waals surface area contributed by atoms with Crippen LogP contribution < -0.4 is 0 Å². The minimum Gasteiger partial charge on any atom is -0.378 e. The summed E-state index contributed by atoms with van der Waals surface area (Å²) < 4.78 is 10.2. The maximum Gasteiger partial charge on any atom is 0.320 e. The molecule has 2 heterocycles. The van der Waals surface area contributed by atoms with Gasteiger partial charge in [-0.2, -0.15) is 4.98 Å². The van der Waals surface area contributed by atoms with Gasteiger partial charge in [-0.25, -0.2) is 0 Å². The van der Waals surface area contributed by atoms with Crippen molar-refractivity contribution in [2.24, 2.45) is 0 Å². The van der Waals surface area contributed by atoms with Crippen LogP contribution in [0.1, 0.15) is 25.1 Å². The predicted octanol–water partition coefficient (Wildman–Crippen LogP) is 1.83. The predicted molar refractivity (Wildman–Crippen MR) is 46.6 cm³/mol. The van der Waals surface area contributed by atoms with Crippen LogP contribution in [0.4, 0.5) is 0 Å². The summed E-state index contributed by atoms with van der Waals surface area (Å²) in [6, 6.07) is 0. The van der Waals surface area contributed by atoms with Gasteiger partial charge in [0.2, 0.25) is 0 Å². The molecule has 1 aliphatic rings. The fraction of sp³-hybridized carbons (Fsp3) is 0.750. The average molecular weight is 203 g/mol. The van der Waals surface area contributed by atoms with Crippen molar-refractivity contribution in [1.29, 1.82) is 0 Å². The van der Waals surface area contributed by atoms with Crippen LogP contribution in [0.2, 0.25) is 5.35 Å². The molecule has 72 valence electrons. The number of hydrogen-bond donors (Lipinski definition) is 0. The molecule has 4 nitrogen and oxygen atoms in total. The highest BCUT2D eigenvalue weighted by Gasteiger charge is 2.17. The SMILES string of the molecule is Clc1nc(CC2CCCCO2)no1. The van der Waals surface area contributed by atoms with Crippen molar-refractivity contribution in [3.8, 4) is 0 Å². The van der Waals surface area contributed by atoms with Crippen molar-refractivity contribution in [2.75, 3.05) is 6.61 Å². The van der Waals surface area contributed by atoms with E-state index in [4.69, 9.17) is 16.3 Å². The highest BCUT2D eigenvalue weighted by molar-refractivity contribution is 6.27. The maximum absolute atomic E-state index is 5.53. The molecule has 5 heteroatoms. The van der Waals surface area contributed by atoms with E-state index in [1.54, 1.807) is 0 Å². The van der Waals surface area contributed by atoms with Crippen molar-refractivity contribution in [3.05, 3.63) is 11.2 Å². The van der Waals surface area contributed by atoms with Crippen LogP contribution in [-0.4, -0.2) is 22.9 Å². The summed E-state index contributed by atoms with van der Waals surface area (Å²) in [6.07, 6.45) is 4.39. The maximum atomic E-state index is 5.53. The third-order valence-corrected chi connectivity index (χ3v) is 2.28. The Morgan fingerprint density at radius 1 is 1.46 bits per heavy atom. The van der Waals surface area contributed by atoms with E-state index in [-0.39, 0.29) is 11.5 Å². The minimum absolute atomic E-state index is 0.103. The third kappa shape index (κ3) is 2.42. The first-order valence-corrected chi connectivity index (χ1v) is 4.82. The van der Waals surface area contributed by atoms with Crippen molar-refractivity contribution >= 4 is 11.6 Å². The molecule has 0 amide bonds. The molecule has 0 saturated carbocycles. The van der Waals surface area contributed by atoms with Crippen molar-refractivity contribution < 1.29 is 9.26 Å². The van der Waals surface area contributed by atoms with Crippen LogP contribution in [0.5, 0.6) is 0 Å². The molecular formula is C8H11ClN2O2. The second-order valence-electron chi connectivity index (χ2n) is 3.16. The Morgan fingerprint density at radius 2 is 2.38 bits per heavy atom. The van der Waals surface area contributed by atoms with E-state index in [2.05, 4.69) is 14.7 Å². The Morgan fingerprint density at radius 3 is 3.00 bits per heavy atom. The van der Waals surface area contributed by atoms with Crippen LogP contribution >= 0.6 is 11.6 Å². The monoisotopic (exact) mass is 202 g/mol. The lowest BCUT2D eigenvalue weighted by atomic mass is 10.1. The Labute approximate surface area is 81.2 Å². The summed E-state index contributed by atoms with van der Waals surface area (Å²) in [6.45, 7) is 0.844. The lowest BCUT2D eigenvalue weighted by Crippen LogP contribution is -2.21. The van der Waals surface area contributed by atoms with Gasteiger partial charge in [0.05, 0.1) is 6.10 Å². The molecule has 1 aromatic rings. The van der Waals surface area contributed by atoms with E-state index < -0.39 is 0 Å². The Bertz CT molecular complexity index is 271. The summed E-state index contributed by atoms with van der Waals surface area (Å²) in [7, 11) is 0. The van der Waals surface area contributed by atoms with Crippen molar-refractivity contribution in [3.63, 3.8) is 0 Å². The summed E-state index contributed by atoms with van der Waals surface area (Å²) in [5.74, 6) is 0.636. The van der Waals surface area contributed by atoms with Gasteiger partial charge >= 0.3 is 5.35 Å². The number of hydrogen-bond acceptors (Lipinski definition) is 4. The van der Waals surface area contributed by atoms with E-state index in [9.17, 15) is 0 Å². The Hall–Kier alpha value is -0.610. The van der Waals surface area contributed by atoms with E-state index in [1.807, 2.05) is 0 Å². The van der Waals surface area contributed by atoms with Gasteiger partial charge in [0.15, 0.2) is 5.82 Å². The van der Waals surface area contributed by atoms with Crippen LogP contribution in [0.25, 0.3) is 0 Å². The molecule has 1 aromatic heterocycles. The highest BCUT2D eigenvalue weighted by atomic mass is 35.5. The molecule has 1 fully saturated rings. The summed E-state index contributed by atoms with van der Waals surface area (Å²) in [5.41, 5.74) is 0. The molecule has 1 saturated heterocycles. The zero-order chi connectivity index (χ0) is 9.10. The highest BCUT2D eigenvalue weighted by Crippen LogP contribution is 2.16. The molecule has 0 N–H and O–H groups in total. The van der Waals surface area contributed by atoms with Crippen LogP contribution in [0.3, 0.4) is 0 Å². The van der Waals surface area contributed by atoms with E-state index in [0.717, 1.165) is 19.4 Å². The number of rotatable bonds is 2. The van der Waals surface area contributed by atoms with Gasteiger partial charge < -0.3 is 9.26 Å². The van der Waals surface area contributed by atoms with Gasteiger partial charge in [0, 0.05) is 13.0 Å². The van der Waals surface area contributed by atoms with Crippen LogP contribution in [0, 0.1) is 0 Å². The number of nitrogens with zero attached hydrogens (tertiary/aromatic N) is 2. The Kier molecular flexibility index (Phi) is 2.80. The van der Waals surface area contributed by atoms with Gasteiger partial charge in [0.1, 0.15) is 0 Å². The van der Waals surface area contributed by atoms with Gasteiger partial charge in [-0.15, -0.1) is 0 Å². The fourth-order valence-corrected chi connectivity index (χ4v) is 1.62. The first-order chi connectivity index (χ1) is 6.34. The molecule has 0 aliphatic carbocycles. The van der Waals surface area contributed by atoms with Crippen molar-refractivity contribution in [1.82, 2.24) is 10.1 Å². The van der Waals surface area contributed by atoms with Gasteiger partial charge in [-0.1, -0.05) is 5.16 Å². The quantitative estimate of drug-likeness (QED) is 0.734. The Balaban J connectivity index is 1.89. The third-order valence-electron chi connectivity index (χ3n) is 2.13. The summed E-state index contributed by atoms with van der Waals surface area (Å²) in [5, 5.41) is 3.81. The summed E-state index contributed by atoms with van der Waals surface area (Å²) >= 11 is 5.50. The van der Waals surface area contributed by atoms with Crippen LogP contribution in [0.15, 0.2) is 4.52 Å². The molecule has 0 spiro atoms. The smallest absolute Gasteiger partial charge is 0.320 e. The standard InChI is InChI=1S/C8H11ClN2O2/c9-8-10-7(11-13-8)5-6-3-1-2-4-12-6/h6H,1-5H2. The van der Waals surface area contributed by atoms with Gasteiger partial charge in [0.25, 0.3) is 0 Å². The summed E-state index contributed by atoms with van der Waals surface area (Å²) in [4.78, 5) is 3.91. The van der Waals surface area contributed by atoms with E-state index >= 15 is 0 Å². The lowest BCUT2D eigenvalue weighted by Gasteiger charge is -2.20. The lowest BCUT2D eigenvalue weighted by molar-refractivity contribution is 0.0153. The minimum atomic E-state index is 0.103. The normalized spacial score (nSPS) is 23.3. The first-order valence-electron chi connectivity index (χ1n) is 4.44.